The molecule has 0 aromatic heterocycles. The number of piperazine rings is 1. The Labute approximate surface area is 172 Å². The number of amides is 2. The lowest BCUT2D eigenvalue weighted by Gasteiger charge is -2.32. The van der Waals surface area contributed by atoms with E-state index in [1.165, 1.54) is 0 Å². The van der Waals surface area contributed by atoms with Gasteiger partial charge in [0.1, 0.15) is 5.75 Å². The van der Waals surface area contributed by atoms with E-state index in [1.807, 2.05) is 11.0 Å². The number of carbonyl (C=O) groups excluding carboxylic acids is 2. The number of carbonyl (C=O) groups is 2. The van der Waals surface area contributed by atoms with Crippen molar-refractivity contribution in [2.24, 2.45) is 5.92 Å². The van der Waals surface area contributed by atoms with Crippen LogP contribution in [0.25, 0.3) is 0 Å². The molecular formula is C23H29N3O3. The molecule has 3 rings (SSSR count). The Morgan fingerprint density at radius 2 is 1.69 bits per heavy atom. The Morgan fingerprint density at radius 3 is 2.41 bits per heavy atom. The highest BCUT2D eigenvalue weighted by Crippen LogP contribution is 2.18. The smallest absolute Gasteiger partial charge is 0.255 e. The highest BCUT2D eigenvalue weighted by Gasteiger charge is 2.20. The number of hydrogen-bond acceptors (Lipinski definition) is 4. The van der Waals surface area contributed by atoms with Crippen LogP contribution in [0.15, 0.2) is 48.5 Å². The van der Waals surface area contributed by atoms with Gasteiger partial charge in [-0.15, -0.1) is 0 Å². The van der Waals surface area contributed by atoms with E-state index in [1.54, 1.807) is 42.5 Å². The van der Waals surface area contributed by atoms with Crippen LogP contribution in [0.3, 0.4) is 0 Å². The van der Waals surface area contributed by atoms with Crippen molar-refractivity contribution in [3.63, 3.8) is 0 Å². The van der Waals surface area contributed by atoms with Crippen LogP contribution in [0, 0.1) is 5.92 Å². The molecular weight excluding hydrogens is 366 g/mol. The minimum atomic E-state index is -0.232. The van der Waals surface area contributed by atoms with Crippen LogP contribution in [0.2, 0.25) is 0 Å². The van der Waals surface area contributed by atoms with Crippen molar-refractivity contribution in [3.05, 3.63) is 59.7 Å². The van der Waals surface area contributed by atoms with Crippen molar-refractivity contribution in [1.82, 2.24) is 9.80 Å². The van der Waals surface area contributed by atoms with Gasteiger partial charge in [-0.2, -0.15) is 0 Å². The monoisotopic (exact) mass is 395 g/mol. The second-order valence-corrected chi connectivity index (χ2v) is 7.86. The van der Waals surface area contributed by atoms with Gasteiger partial charge in [0.2, 0.25) is 0 Å². The van der Waals surface area contributed by atoms with Crippen LogP contribution in [0.4, 0.5) is 5.69 Å². The number of rotatable bonds is 6. The molecule has 6 nitrogen and oxygen atoms in total. The Hall–Kier alpha value is -2.86. The highest BCUT2D eigenvalue weighted by atomic mass is 16.5. The maximum atomic E-state index is 12.8. The average molecular weight is 396 g/mol. The SMILES string of the molecule is CC(C)COc1cccc(C(=O)Nc2cccc(C(=O)N3CCN(C)CC3)c2)c1. The van der Waals surface area contributed by atoms with Crippen molar-refractivity contribution in [3.8, 4) is 5.75 Å². The molecule has 2 aromatic carbocycles. The standard InChI is InChI=1S/C23H29N3O3/c1-17(2)16-29-21-9-5-6-18(15-21)22(27)24-20-8-4-7-19(14-20)23(28)26-12-10-25(3)11-13-26/h4-9,14-15,17H,10-13,16H2,1-3H3,(H,24,27). The zero-order chi connectivity index (χ0) is 20.8. The van der Waals surface area contributed by atoms with Crippen LogP contribution < -0.4 is 10.1 Å². The third-order valence-corrected chi connectivity index (χ3v) is 4.84. The molecule has 0 aliphatic carbocycles. The Balaban J connectivity index is 1.66. The molecule has 0 bridgehead atoms. The van der Waals surface area contributed by atoms with Crippen LogP contribution in [-0.4, -0.2) is 61.4 Å². The molecule has 154 valence electrons. The maximum absolute atomic E-state index is 12.8. The molecule has 0 spiro atoms. The summed E-state index contributed by atoms with van der Waals surface area (Å²) in [6, 6.07) is 14.2. The first-order valence-electron chi connectivity index (χ1n) is 10.0. The largest absolute Gasteiger partial charge is 0.493 e. The predicted octanol–water partition coefficient (Wildman–Crippen LogP) is 3.36. The molecule has 0 atom stereocenters. The topological polar surface area (TPSA) is 61.9 Å². The number of nitrogens with zero attached hydrogens (tertiary/aromatic N) is 2. The van der Waals surface area contributed by atoms with E-state index < -0.39 is 0 Å². The summed E-state index contributed by atoms with van der Waals surface area (Å²) < 4.78 is 5.70. The summed E-state index contributed by atoms with van der Waals surface area (Å²) >= 11 is 0. The molecule has 1 aliphatic heterocycles. The van der Waals surface area contributed by atoms with E-state index in [2.05, 4.69) is 31.1 Å². The summed E-state index contributed by atoms with van der Waals surface area (Å²) in [5.41, 5.74) is 1.70. The van der Waals surface area contributed by atoms with Crippen molar-refractivity contribution >= 4 is 17.5 Å². The summed E-state index contributed by atoms with van der Waals surface area (Å²) in [6.45, 7) is 7.93. The lowest BCUT2D eigenvalue weighted by molar-refractivity contribution is 0.0664. The van der Waals surface area contributed by atoms with Gasteiger partial charge in [0.05, 0.1) is 6.61 Å². The molecule has 0 saturated carbocycles. The minimum absolute atomic E-state index is 0.00159. The van der Waals surface area contributed by atoms with Crippen LogP contribution >= 0.6 is 0 Å². The van der Waals surface area contributed by atoms with E-state index in [0.717, 1.165) is 26.2 Å². The average Bonchev–Trinajstić information content (AvgIpc) is 2.72. The lowest BCUT2D eigenvalue weighted by atomic mass is 10.1. The fourth-order valence-electron chi connectivity index (χ4n) is 3.12. The Morgan fingerprint density at radius 1 is 1.00 bits per heavy atom. The molecule has 1 saturated heterocycles. The molecule has 1 heterocycles. The molecule has 1 N–H and O–H groups in total. The van der Waals surface area contributed by atoms with Gasteiger partial charge < -0.3 is 19.9 Å². The first kappa shape index (κ1) is 20.9. The predicted molar refractivity (Wildman–Crippen MR) is 115 cm³/mol. The van der Waals surface area contributed by atoms with Crippen molar-refractivity contribution in [1.29, 1.82) is 0 Å². The van der Waals surface area contributed by atoms with Crippen LogP contribution in [0.1, 0.15) is 34.6 Å². The molecule has 1 fully saturated rings. The maximum Gasteiger partial charge on any atom is 0.255 e. The van der Waals surface area contributed by atoms with Crippen LogP contribution in [-0.2, 0) is 0 Å². The van der Waals surface area contributed by atoms with Crippen molar-refractivity contribution in [2.75, 3.05) is 45.2 Å². The Bertz CT molecular complexity index is 858. The van der Waals surface area contributed by atoms with E-state index >= 15 is 0 Å². The normalized spacial score (nSPS) is 14.7. The Kier molecular flexibility index (Phi) is 6.88. The number of benzene rings is 2. The van der Waals surface area contributed by atoms with E-state index in [4.69, 9.17) is 4.74 Å². The zero-order valence-electron chi connectivity index (χ0n) is 17.4. The van der Waals surface area contributed by atoms with Crippen molar-refractivity contribution in [2.45, 2.75) is 13.8 Å². The third-order valence-electron chi connectivity index (χ3n) is 4.84. The zero-order valence-corrected chi connectivity index (χ0v) is 17.4. The fourth-order valence-corrected chi connectivity index (χ4v) is 3.12. The second-order valence-electron chi connectivity index (χ2n) is 7.86. The number of likely N-dealkylation sites (N-methyl/N-ethyl adjacent to an activating group) is 1. The van der Waals surface area contributed by atoms with Gasteiger partial charge in [0.25, 0.3) is 11.8 Å². The molecule has 6 heteroatoms. The van der Waals surface area contributed by atoms with Gasteiger partial charge in [0.15, 0.2) is 0 Å². The van der Waals surface area contributed by atoms with Crippen LogP contribution in [0.5, 0.6) is 5.75 Å². The van der Waals surface area contributed by atoms with E-state index in [9.17, 15) is 9.59 Å². The summed E-state index contributed by atoms with van der Waals surface area (Å²) in [6.07, 6.45) is 0. The van der Waals surface area contributed by atoms with Gasteiger partial charge in [-0.05, 0) is 49.4 Å². The number of nitrogens with one attached hydrogen (secondary N) is 1. The van der Waals surface area contributed by atoms with Crippen molar-refractivity contribution < 1.29 is 14.3 Å². The summed E-state index contributed by atoms with van der Waals surface area (Å²) in [4.78, 5) is 29.5. The minimum Gasteiger partial charge on any atom is -0.493 e. The quantitative estimate of drug-likeness (QED) is 0.815. The molecule has 1 aliphatic rings. The molecule has 29 heavy (non-hydrogen) atoms. The summed E-state index contributed by atoms with van der Waals surface area (Å²) in [5, 5.41) is 2.88. The number of anilines is 1. The lowest BCUT2D eigenvalue weighted by Crippen LogP contribution is -2.47. The summed E-state index contributed by atoms with van der Waals surface area (Å²) in [5.74, 6) is 0.848. The van der Waals surface area contributed by atoms with Gasteiger partial charge in [-0.25, -0.2) is 0 Å². The third kappa shape index (κ3) is 5.81. The van der Waals surface area contributed by atoms with E-state index in [-0.39, 0.29) is 11.8 Å². The fraction of sp³-hybridized carbons (Fsp3) is 0.391. The molecule has 2 amide bonds. The highest BCUT2D eigenvalue weighted by molar-refractivity contribution is 6.05. The van der Waals surface area contributed by atoms with Gasteiger partial charge >= 0.3 is 0 Å². The van der Waals surface area contributed by atoms with Gasteiger partial charge in [-0.1, -0.05) is 26.0 Å². The molecule has 0 radical (unpaired) electrons. The number of ether oxygens (including phenoxy) is 1. The first-order valence-corrected chi connectivity index (χ1v) is 10.0. The summed E-state index contributed by atoms with van der Waals surface area (Å²) in [7, 11) is 2.06. The number of hydrogen-bond donors (Lipinski definition) is 1. The second kappa shape index (κ2) is 9.56. The van der Waals surface area contributed by atoms with E-state index in [0.29, 0.717) is 35.1 Å². The molecule has 0 unspecified atom stereocenters. The van der Waals surface area contributed by atoms with Gasteiger partial charge in [0, 0.05) is 43.0 Å². The van der Waals surface area contributed by atoms with Gasteiger partial charge in [-0.3, -0.25) is 9.59 Å². The molecule has 2 aromatic rings. The first-order chi connectivity index (χ1) is 13.9.